The summed E-state index contributed by atoms with van der Waals surface area (Å²) in [7, 11) is 0. The topological polar surface area (TPSA) is 56.1 Å². The van der Waals surface area contributed by atoms with Crippen LogP contribution in [0.1, 0.15) is 25.8 Å². The number of anilines is 1. The molecule has 1 saturated heterocycles. The standard InChI is InChI=1S/C14H16N3O/c1-14(2)7-8-17(10-14)13(18)16-12-5-3-11(9-15)4-6-12/h3-6,8H,7,10H2,1-2H3,(H,16,18). The van der Waals surface area contributed by atoms with Crippen molar-refractivity contribution in [3.63, 3.8) is 0 Å². The lowest BCUT2D eigenvalue weighted by Gasteiger charge is -2.20. The van der Waals surface area contributed by atoms with E-state index in [4.69, 9.17) is 5.26 Å². The summed E-state index contributed by atoms with van der Waals surface area (Å²) in [6, 6.07) is 8.77. The number of nitriles is 1. The van der Waals surface area contributed by atoms with Crippen molar-refractivity contribution in [1.82, 2.24) is 4.90 Å². The van der Waals surface area contributed by atoms with Gasteiger partial charge >= 0.3 is 6.03 Å². The quantitative estimate of drug-likeness (QED) is 0.823. The first-order chi connectivity index (χ1) is 8.50. The Hall–Kier alpha value is -2.02. The maximum absolute atomic E-state index is 12.0. The summed E-state index contributed by atoms with van der Waals surface area (Å²) in [4.78, 5) is 13.7. The van der Waals surface area contributed by atoms with Crippen molar-refractivity contribution < 1.29 is 4.79 Å². The lowest BCUT2D eigenvalue weighted by molar-refractivity contribution is 0.222. The number of rotatable bonds is 1. The lowest BCUT2D eigenvalue weighted by atomic mass is 9.93. The maximum atomic E-state index is 12.0. The van der Waals surface area contributed by atoms with E-state index in [2.05, 4.69) is 19.2 Å². The molecule has 1 heterocycles. The van der Waals surface area contributed by atoms with E-state index in [9.17, 15) is 4.79 Å². The van der Waals surface area contributed by atoms with E-state index in [0.717, 1.165) is 13.0 Å². The molecule has 0 aliphatic carbocycles. The minimum absolute atomic E-state index is 0.120. The number of nitrogens with one attached hydrogen (secondary N) is 1. The third-order valence-electron chi connectivity index (χ3n) is 2.99. The van der Waals surface area contributed by atoms with Gasteiger partial charge in [-0.25, -0.2) is 4.79 Å². The second kappa shape index (κ2) is 4.69. The van der Waals surface area contributed by atoms with Gasteiger partial charge in [-0.2, -0.15) is 5.26 Å². The first kappa shape index (κ1) is 12.4. The van der Waals surface area contributed by atoms with E-state index in [1.54, 1.807) is 29.2 Å². The average molecular weight is 242 g/mol. The number of likely N-dealkylation sites (tertiary alicyclic amines) is 1. The van der Waals surface area contributed by atoms with Crippen molar-refractivity contribution in [2.24, 2.45) is 5.41 Å². The van der Waals surface area contributed by atoms with Gasteiger partial charge in [0.2, 0.25) is 0 Å². The summed E-state index contributed by atoms with van der Waals surface area (Å²) in [5.74, 6) is 0. The Kier molecular flexibility index (Phi) is 3.24. The minimum atomic E-state index is -0.120. The van der Waals surface area contributed by atoms with Crippen LogP contribution >= 0.6 is 0 Å². The Bertz CT molecular complexity index is 485. The van der Waals surface area contributed by atoms with Gasteiger partial charge in [-0.3, -0.25) is 0 Å². The van der Waals surface area contributed by atoms with E-state index in [1.165, 1.54) is 0 Å². The van der Waals surface area contributed by atoms with Crippen molar-refractivity contribution in [3.05, 3.63) is 36.4 Å². The SMILES string of the molecule is CC1(C)C[CH]N(C(=O)Nc2ccc(C#N)cc2)C1. The van der Waals surface area contributed by atoms with Gasteiger partial charge in [0.05, 0.1) is 18.2 Å². The summed E-state index contributed by atoms with van der Waals surface area (Å²) >= 11 is 0. The Labute approximate surface area is 107 Å². The zero-order valence-corrected chi connectivity index (χ0v) is 10.6. The number of carbonyl (C=O) groups is 1. The highest BCUT2D eigenvalue weighted by Gasteiger charge is 2.32. The van der Waals surface area contributed by atoms with Gasteiger partial charge < -0.3 is 10.2 Å². The summed E-state index contributed by atoms with van der Waals surface area (Å²) in [5, 5.41) is 11.5. The van der Waals surface area contributed by atoms with Crippen LogP contribution in [0.3, 0.4) is 0 Å². The van der Waals surface area contributed by atoms with Crippen LogP contribution in [0.2, 0.25) is 0 Å². The average Bonchev–Trinajstić information content (AvgIpc) is 2.71. The fourth-order valence-electron chi connectivity index (χ4n) is 1.93. The molecule has 2 amide bonds. The van der Waals surface area contributed by atoms with Gasteiger partial charge in [0.15, 0.2) is 0 Å². The Morgan fingerprint density at radius 2 is 2.06 bits per heavy atom. The van der Waals surface area contributed by atoms with E-state index in [1.807, 2.05) is 12.6 Å². The molecule has 4 heteroatoms. The van der Waals surface area contributed by atoms with Crippen molar-refractivity contribution >= 4 is 11.7 Å². The van der Waals surface area contributed by atoms with E-state index < -0.39 is 0 Å². The molecule has 1 aliphatic heterocycles. The van der Waals surface area contributed by atoms with Crippen molar-refractivity contribution in [2.45, 2.75) is 20.3 Å². The Morgan fingerprint density at radius 1 is 1.39 bits per heavy atom. The number of hydrogen-bond donors (Lipinski definition) is 1. The Balaban J connectivity index is 1.97. The summed E-state index contributed by atoms with van der Waals surface area (Å²) in [6.07, 6.45) is 0.911. The Morgan fingerprint density at radius 3 is 2.56 bits per heavy atom. The monoisotopic (exact) mass is 242 g/mol. The van der Waals surface area contributed by atoms with E-state index >= 15 is 0 Å². The first-order valence-electron chi connectivity index (χ1n) is 5.91. The van der Waals surface area contributed by atoms with Gasteiger partial charge in [0, 0.05) is 12.2 Å². The molecule has 1 aromatic carbocycles. The second-order valence-corrected chi connectivity index (χ2v) is 5.30. The molecular weight excluding hydrogens is 226 g/mol. The molecule has 0 saturated carbocycles. The molecule has 0 atom stereocenters. The zero-order chi connectivity index (χ0) is 13.2. The number of hydrogen-bond acceptors (Lipinski definition) is 2. The van der Waals surface area contributed by atoms with Gasteiger partial charge in [0.25, 0.3) is 0 Å². The van der Waals surface area contributed by atoms with Crippen LogP contribution in [0.15, 0.2) is 24.3 Å². The summed E-state index contributed by atoms with van der Waals surface area (Å²) in [5.41, 5.74) is 1.45. The van der Waals surface area contributed by atoms with Gasteiger partial charge in [-0.15, -0.1) is 0 Å². The van der Waals surface area contributed by atoms with Crippen LogP contribution in [-0.2, 0) is 0 Å². The minimum Gasteiger partial charge on any atom is -0.319 e. The van der Waals surface area contributed by atoms with Crippen LogP contribution in [0.25, 0.3) is 0 Å². The maximum Gasteiger partial charge on any atom is 0.322 e. The molecule has 0 aromatic heterocycles. The summed E-state index contributed by atoms with van der Waals surface area (Å²) in [6.45, 7) is 6.94. The number of amides is 2. The molecule has 0 spiro atoms. The second-order valence-electron chi connectivity index (χ2n) is 5.30. The third kappa shape index (κ3) is 2.80. The predicted octanol–water partition coefficient (Wildman–Crippen LogP) is 2.98. The largest absolute Gasteiger partial charge is 0.322 e. The number of carbonyl (C=O) groups excluding carboxylic acids is 1. The summed E-state index contributed by atoms with van der Waals surface area (Å²) < 4.78 is 0. The molecule has 18 heavy (non-hydrogen) atoms. The number of benzene rings is 1. The molecular formula is C14H16N3O. The molecule has 2 rings (SSSR count). The molecule has 1 N–H and O–H groups in total. The van der Waals surface area contributed by atoms with Crippen molar-refractivity contribution in [1.29, 1.82) is 5.26 Å². The highest BCUT2D eigenvalue weighted by atomic mass is 16.2. The van der Waals surface area contributed by atoms with Crippen LogP contribution in [-0.4, -0.2) is 17.5 Å². The van der Waals surface area contributed by atoms with E-state index in [-0.39, 0.29) is 11.4 Å². The highest BCUT2D eigenvalue weighted by molar-refractivity contribution is 5.90. The van der Waals surface area contributed by atoms with Crippen LogP contribution < -0.4 is 5.32 Å². The smallest absolute Gasteiger partial charge is 0.319 e. The molecule has 1 radical (unpaired) electrons. The molecule has 1 fully saturated rings. The van der Waals surface area contributed by atoms with Crippen LogP contribution in [0.4, 0.5) is 10.5 Å². The molecule has 0 bridgehead atoms. The normalized spacial score (nSPS) is 17.3. The molecule has 0 unspecified atom stereocenters. The molecule has 1 aromatic rings. The number of urea groups is 1. The van der Waals surface area contributed by atoms with Crippen LogP contribution in [0.5, 0.6) is 0 Å². The third-order valence-corrected chi connectivity index (χ3v) is 2.99. The lowest BCUT2D eigenvalue weighted by Crippen LogP contribution is -2.32. The van der Waals surface area contributed by atoms with Crippen molar-refractivity contribution in [3.8, 4) is 6.07 Å². The molecule has 93 valence electrons. The first-order valence-corrected chi connectivity index (χ1v) is 5.91. The fraction of sp³-hybridized carbons (Fsp3) is 0.357. The zero-order valence-electron chi connectivity index (χ0n) is 10.6. The fourth-order valence-corrected chi connectivity index (χ4v) is 1.93. The van der Waals surface area contributed by atoms with Gasteiger partial charge in [-0.05, 0) is 36.1 Å². The predicted molar refractivity (Wildman–Crippen MR) is 69.6 cm³/mol. The van der Waals surface area contributed by atoms with Crippen LogP contribution in [0, 0.1) is 23.3 Å². The van der Waals surface area contributed by atoms with Gasteiger partial charge in [0.1, 0.15) is 0 Å². The van der Waals surface area contributed by atoms with E-state index in [0.29, 0.717) is 11.3 Å². The molecule has 4 nitrogen and oxygen atoms in total. The van der Waals surface area contributed by atoms with Gasteiger partial charge in [-0.1, -0.05) is 13.8 Å². The number of nitrogens with zero attached hydrogens (tertiary/aromatic N) is 2. The highest BCUT2D eigenvalue weighted by Crippen LogP contribution is 2.31. The van der Waals surface area contributed by atoms with Crippen molar-refractivity contribution in [2.75, 3.05) is 11.9 Å². The molecule has 1 aliphatic rings.